The molecule has 0 bridgehead atoms. The molecule has 0 fully saturated rings. The van der Waals surface area contributed by atoms with Crippen LogP contribution in [0.2, 0.25) is 0 Å². The molecule has 0 unspecified atom stereocenters. The molecule has 2 heteroatoms. The van der Waals surface area contributed by atoms with Crippen LogP contribution in [0.15, 0.2) is 30.3 Å². The van der Waals surface area contributed by atoms with Crippen molar-refractivity contribution < 1.29 is 9.84 Å². The zero-order chi connectivity index (χ0) is 12.9. The molecule has 1 rings (SSSR count). The van der Waals surface area contributed by atoms with E-state index in [1.165, 1.54) is 31.2 Å². The number of hydrogen-bond acceptors (Lipinski definition) is 2. The van der Waals surface area contributed by atoms with E-state index in [0.29, 0.717) is 0 Å². The molecule has 0 spiro atoms. The van der Waals surface area contributed by atoms with Gasteiger partial charge in [-0.3, -0.25) is 0 Å². The Morgan fingerprint density at radius 1 is 0.778 bits per heavy atom. The lowest BCUT2D eigenvalue weighted by Crippen LogP contribution is -1.98. The van der Waals surface area contributed by atoms with E-state index in [9.17, 15) is 0 Å². The highest BCUT2D eigenvalue weighted by Crippen LogP contribution is 2.07. The molecule has 0 atom stereocenters. The van der Waals surface area contributed by atoms with Crippen LogP contribution in [0, 0.1) is 0 Å². The van der Waals surface area contributed by atoms with Gasteiger partial charge in [0.15, 0.2) is 0 Å². The first-order valence-corrected chi connectivity index (χ1v) is 7.16. The predicted molar refractivity (Wildman–Crippen MR) is 75.8 cm³/mol. The molecule has 0 radical (unpaired) electrons. The second-order valence-electron chi connectivity index (χ2n) is 4.69. The average molecular weight is 250 g/mol. The van der Waals surface area contributed by atoms with E-state index in [2.05, 4.69) is 30.3 Å². The van der Waals surface area contributed by atoms with Gasteiger partial charge in [0.1, 0.15) is 0 Å². The number of rotatable bonds is 11. The molecule has 2 nitrogen and oxygen atoms in total. The van der Waals surface area contributed by atoms with Gasteiger partial charge in [-0.05, 0) is 37.7 Å². The maximum Gasteiger partial charge on any atom is 0.0466 e. The zero-order valence-corrected chi connectivity index (χ0v) is 11.3. The summed E-state index contributed by atoms with van der Waals surface area (Å²) in [5.41, 5.74) is 1.44. The van der Waals surface area contributed by atoms with E-state index in [-0.39, 0.29) is 6.61 Å². The maximum atomic E-state index is 8.60. The third-order valence-corrected chi connectivity index (χ3v) is 3.04. The normalized spacial score (nSPS) is 10.7. The third kappa shape index (κ3) is 8.26. The van der Waals surface area contributed by atoms with E-state index in [1.807, 2.05) is 0 Å². The highest BCUT2D eigenvalue weighted by atomic mass is 16.5. The molecule has 1 aromatic rings. The molecule has 0 aliphatic rings. The fraction of sp³-hybridized carbons (Fsp3) is 0.625. The van der Waals surface area contributed by atoms with Gasteiger partial charge in [-0.1, -0.05) is 43.2 Å². The van der Waals surface area contributed by atoms with E-state index >= 15 is 0 Å². The van der Waals surface area contributed by atoms with Gasteiger partial charge in [0.05, 0.1) is 0 Å². The summed E-state index contributed by atoms with van der Waals surface area (Å²) in [6, 6.07) is 10.7. The SMILES string of the molecule is OCCCCOCCCCCCc1ccccc1. The minimum absolute atomic E-state index is 0.281. The molecular formula is C16H26O2. The molecule has 0 amide bonds. The van der Waals surface area contributed by atoms with Gasteiger partial charge >= 0.3 is 0 Å². The highest BCUT2D eigenvalue weighted by molar-refractivity contribution is 5.14. The van der Waals surface area contributed by atoms with Crippen molar-refractivity contribution in [1.82, 2.24) is 0 Å². The van der Waals surface area contributed by atoms with E-state index in [1.54, 1.807) is 0 Å². The molecule has 102 valence electrons. The maximum absolute atomic E-state index is 8.60. The topological polar surface area (TPSA) is 29.5 Å². The number of aliphatic hydroxyl groups excluding tert-OH is 1. The first kappa shape index (κ1) is 15.2. The van der Waals surface area contributed by atoms with Gasteiger partial charge in [0.25, 0.3) is 0 Å². The van der Waals surface area contributed by atoms with Crippen LogP contribution in [-0.2, 0) is 11.2 Å². The van der Waals surface area contributed by atoms with Crippen LogP contribution in [0.5, 0.6) is 0 Å². The van der Waals surface area contributed by atoms with Crippen molar-refractivity contribution in [2.45, 2.75) is 44.9 Å². The standard InChI is InChI=1S/C16H26O2/c17-13-7-9-15-18-14-8-2-1-4-10-16-11-5-3-6-12-16/h3,5-6,11-12,17H,1-2,4,7-10,13-15H2. The second-order valence-corrected chi connectivity index (χ2v) is 4.69. The Morgan fingerprint density at radius 2 is 1.44 bits per heavy atom. The molecule has 18 heavy (non-hydrogen) atoms. The zero-order valence-electron chi connectivity index (χ0n) is 11.3. The Kier molecular flexibility index (Phi) is 9.49. The van der Waals surface area contributed by atoms with Crippen LogP contribution in [0.4, 0.5) is 0 Å². The second kappa shape index (κ2) is 11.2. The van der Waals surface area contributed by atoms with Crippen molar-refractivity contribution >= 4 is 0 Å². The van der Waals surface area contributed by atoms with Gasteiger partial charge < -0.3 is 9.84 Å². The molecular weight excluding hydrogens is 224 g/mol. The first-order chi connectivity index (χ1) is 8.93. The summed E-state index contributed by atoms with van der Waals surface area (Å²) < 4.78 is 5.49. The Labute approximate surface area is 111 Å². The quantitative estimate of drug-likeness (QED) is 0.608. The lowest BCUT2D eigenvalue weighted by atomic mass is 10.1. The van der Waals surface area contributed by atoms with Crippen LogP contribution in [0.25, 0.3) is 0 Å². The molecule has 0 saturated heterocycles. The Morgan fingerprint density at radius 3 is 2.17 bits per heavy atom. The molecule has 0 saturated carbocycles. The fourth-order valence-electron chi connectivity index (χ4n) is 1.95. The number of benzene rings is 1. The van der Waals surface area contributed by atoms with Crippen molar-refractivity contribution in [1.29, 1.82) is 0 Å². The van der Waals surface area contributed by atoms with Crippen LogP contribution in [0.1, 0.15) is 44.1 Å². The van der Waals surface area contributed by atoms with Crippen LogP contribution in [0.3, 0.4) is 0 Å². The minimum atomic E-state index is 0.281. The third-order valence-electron chi connectivity index (χ3n) is 3.04. The van der Waals surface area contributed by atoms with Gasteiger partial charge in [0.2, 0.25) is 0 Å². The van der Waals surface area contributed by atoms with Crippen molar-refractivity contribution in [3.05, 3.63) is 35.9 Å². The van der Waals surface area contributed by atoms with Crippen LogP contribution in [-0.4, -0.2) is 24.9 Å². The highest BCUT2D eigenvalue weighted by Gasteiger charge is 1.94. The summed E-state index contributed by atoms with van der Waals surface area (Å²) >= 11 is 0. The minimum Gasteiger partial charge on any atom is -0.396 e. The molecule has 0 aromatic heterocycles. The molecule has 0 aliphatic heterocycles. The number of unbranched alkanes of at least 4 members (excludes halogenated alkanes) is 4. The fourth-order valence-corrected chi connectivity index (χ4v) is 1.95. The Balaban J connectivity index is 1.82. The van der Waals surface area contributed by atoms with Crippen molar-refractivity contribution in [2.75, 3.05) is 19.8 Å². The smallest absolute Gasteiger partial charge is 0.0466 e. The van der Waals surface area contributed by atoms with E-state index in [4.69, 9.17) is 9.84 Å². The summed E-state index contributed by atoms with van der Waals surface area (Å²) in [6.07, 6.45) is 8.00. The molecule has 1 aromatic carbocycles. The molecule has 0 heterocycles. The number of aryl methyl sites for hydroxylation is 1. The summed E-state index contributed by atoms with van der Waals surface area (Å²) in [5, 5.41) is 8.60. The van der Waals surface area contributed by atoms with Crippen molar-refractivity contribution in [3.63, 3.8) is 0 Å². The monoisotopic (exact) mass is 250 g/mol. The Bertz CT molecular complexity index is 272. The summed E-state index contributed by atoms with van der Waals surface area (Å²) in [7, 11) is 0. The van der Waals surface area contributed by atoms with Gasteiger partial charge in [0, 0.05) is 19.8 Å². The van der Waals surface area contributed by atoms with Gasteiger partial charge in [-0.25, -0.2) is 0 Å². The van der Waals surface area contributed by atoms with E-state index in [0.717, 1.165) is 32.5 Å². The largest absolute Gasteiger partial charge is 0.396 e. The number of ether oxygens (including phenoxy) is 1. The van der Waals surface area contributed by atoms with Gasteiger partial charge in [-0.15, -0.1) is 0 Å². The molecule has 1 N–H and O–H groups in total. The van der Waals surface area contributed by atoms with Crippen LogP contribution >= 0.6 is 0 Å². The summed E-state index contributed by atoms with van der Waals surface area (Å²) in [4.78, 5) is 0. The lowest BCUT2D eigenvalue weighted by Gasteiger charge is -2.04. The molecule has 0 aliphatic carbocycles. The predicted octanol–water partition coefficient (Wildman–Crippen LogP) is 3.58. The summed E-state index contributed by atoms with van der Waals surface area (Å²) in [6.45, 7) is 1.95. The van der Waals surface area contributed by atoms with Crippen LogP contribution < -0.4 is 0 Å². The summed E-state index contributed by atoms with van der Waals surface area (Å²) in [5.74, 6) is 0. The van der Waals surface area contributed by atoms with E-state index < -0.39 is 0 Å². The Hall–Kier alpha value is -0.860. The van der Waals surface area contributed by atoms with Crippen molar-refractivity contribution in [3.8, 4) is 0 Å². The average Bonchev–Trinajstić information content (AvgIpc) is 2.42. The number of aliphatic hydroxyl groups is 1. The number of hydrogen-bond donors (Lipinski definition) is 1. The first-order valence-electron chi connectivity index (χ1n) is 7.16. The van der Waals surface area contributed by atoms with Gasteiger partial charge in [-0.2, -0.15) is 0 Å². The van der Waals surface area contributed by atoms with Crippen molar-refractivity contribution in [2.24, 2.45) is 0 Å². The lowest BCUT2D eigenvalue weighted by molar-refractivity contribution is 0.121.